The highest BCUT2D eigenvalue weighted by molar-refractivity contribution is 5.95. The molecule has 3 aliphatic heterocycles. The zero-order valence-electron chi connectivity index (χ0n) is 21.7. The van der Waals surface area contributed by atoms with E-state index in [4.69, 9.17) is 14.7 Å². The predicted octanol–water partition coefficient (Wildman–Crippen LogP) is 3.42. The molecule has 0 amide bonds. The van der Waals surface area contributed by atoms with Crippen LogP contribution in [0.2, 0.25) is 0 Å². The van der Waals surface area contributed by atoms with Crippen molar-refractivity contribution < 1.29 is 18.6 Å². The number of aromatic nitrogens is 2. The molecule has 2 aromatic carbocycles. The number of nitrogens with one attached hydrogen (secondary N) is 1. The van der Waals surface area contributed by atoms with Gasteiger partial charge in [0.25, 0.3) is 5.92 Å². The van der Waals surface area contributed by atoms with Crippen LogP contribution in [0.4, 0.5) is 20.3 Å². The molecule has 3 aromatic rings. The van der Waals surface area contributed by atoms with E-state index in [9.17, 15) is 13.9 Å². The molecule has 8 nitrogen and oxygen atoms in total. The second kappa shape index (κ2) is 10.1. The first-order valence-corrected chi connectivity index (χ1v) is 13.4. The third-order valence-corrected chi connectivity index (χ3v) is 7.93. The first-order valence-electron chi connectivity index (χ1n) is 13.4. The van der Waals surface area contributed by atoms with Gasteiger partial charge in [-0.15, -0.1) is 0 Å². The van der Waals surface area contributed by atoms with Gasteiger partial charge in [0.2, 0.25) is 0 Å². The van der Waals surface area contributed by atoms with Crippen molar-refractivity contribution in [2.24, 2.45) is 0 Å². The minimum atomic E-state index is -2.86. The lowest BCUT2D eigenvalue weighted by Gasteiger charge is -2.34. The molecule has 1 aromatic heterocycles. The second-order valence-corrected chi connectivity index (χ2v) is 10.7. The molecule has 1 atom stereocenters. The Balaban J connectivity index is 1.36. The minimum absolute atomic E-state index is 0.205. The molecule has 2 N–H and O–H groups in total. The third-order valence-electron chi connectivity index (χ3n) is 7.93. The molecule has 0 aliphatic carbocycles. The third kappa shape index (κ3) is 5.07. The smallest absolute Gasteiger partial charge is 0.318 e. The Morgan fingerprint density at radius 1 is 1.13 bits per heavy atom. The molecule has 6 rings (SSSR count). The molecule has 4 heterocycles. The van der Waals surface area contributed by atoms with Crippen LogP contribution in [0.1, 0.15) is 24.1 Å². The van der Waals surface area contributed by atoms with E-state index < -0.39 is 12.5 Å². The average molecular weight is 525 g/mol. The molecule has 0 saturated carbocycles. The molecule has 202 valence electrons. The highest BCUT2D eigenvalue weighted by atomic mass is 19.3. The summed E-state index contributed by atoms with van der Waals surface area (Å²) in [4.78, 5) is 15.7. The molecule has 0 spiro atoms. The molecule has 38 heavy (non-hydrogen) atoms. The summed E-state index contributed by atoms with van der Waals surface area (Å²) >= 11 is 0. The fraction of sp³-hybridized carbons (Fsp3) is 0.500. The summed E-state index contributed by atoms with van der Waals surface area (Å²) in [6.07, 6.45) is 2.79. The van der Waals surface area contributed by atoms with E-state index in [0.717, 1.165) is 47.1 Å². The maximum Gasteiger partial charge on any atom is 0.318 e. The summed E-state index contributed by atoms with van der Waals surface area (Å²) in [7, 11) is 2.09. The number of nitrogens with zero attached hydrogens (tertiary/aromatic N) is 5. The summed E-state index contributed by atoms with van der Waals surface area (Å²) in [6.45, 7) is 2.79. The number of hydrogen-bond donors (Lipinski definition) is 2. The van der Waals surface area contributed by atoms with Gasteiger partial charge in [-0.1, -0.05) is 24.3 Å². The quantitative estimate of drug-likeness (QED) is 0.526. The van der Waals surface area contributed by atoms with Crippen molar-refractivity contribution in [2.45, 2.75) is 37.8 Å². The maximum atomic E-state index is 14.6. The summed E-state index contributed by atoms with van der Waals surface area (Å²) in [5.41, 5.74) is 2.60. The Labute approximate surface area is 221 Å². The fourth-order valence-corrected chi connectivity index (χ4v) is 5.90. The van der Waals surface area contributed by atoms with Crippen molar-refractivity contribution in [3.63, 3.8) is 0 Å². The number of alkyl halides is 2. The van der Waals surface area contributed by atoms with E-state index in [1.165, 1.54) is 0 Å². The molecular formula is C28H34F2N6O2. The van der Waals surface area contributed by atoms with Crippen LogP contribution in [0.3, 0.4) is 0 Å². The van der Waals surface area contributed by atoms with Crippen molar-refractivity contribution in [3.8, 4) is 11.8 Å². The fourth-order valence-electron chi connectivity index (χ4n) is 5.90. The number of benzene rings is 2. The number of aromatic hydroxyl groups is 1. The number of ether oxygens (including phenoxy) is 1. The molecule has 0 radical (unpaired) electrons. The maximum absolute atomic E-state index is 14.6. The molecule has 0 bridgehead atoms. The van der Waals surface area contributed by atoms with E-state index >= 15 is 0 Å². The van der Waals surface area contributed by atoms with E-state index in [0.29, 0.717) is 51.1 Å². The monoisotopic (exact) mass is 524 g/mol. The number of anilines is 2. The normalized spacial score (nSPS) is 21.9. The van der Waals surface area contributed by atoms with Crippen molar-refractivity contribution >= 4 is 22.3 Å². The number of likely N-dealkylation sites (N-methyl/N-ethyl adjacent to an activating group) is 1. The van der Waals surface area contributed by atoms with Gasteiger partial charge in [0.1, 0.15) is 18.2 Å². The summed E-state index contributed by atoms with van der Waals surface area (Å²) in [6, 6.07) is 12.0. The number of rotatable bonds is 5. The van der Waals surface area contributed by atoms with Crippen molar-refractivity contribution in [2.75, 3.05) is 62.7 Å². The Hall–Kier alpha value is -3.24. The number of fused-ring (bicyclic) bond motifs is 2. The summed E-state index contributed by atoms with van der Waals surface area (Å²) in [5, 5.41) is 15.3. The largest absolute Gasteiger partial charge is 0.508 e. The number of likely N-dealkylation sites (tertiary alicyclic amines) is 1. The van der Waals surface area contributed by atoms with Crippen LogP contribution in [-0.2, 0) is 13.0 Å². The zero-order valence-corrected chi connectivity index (χ0v) is 21.7. The number of halogens is 2. The van der Waals surface area contributed by atoms with Gasteiger partial charge >= 0.3 is 6.01 Å². The Morgan fingerprint density at radius 3 is 2.84 bits per heavy atom. The molecule has 10 heteroatoms. The van der Waals surface area contributed by atoms with Crippen LogP contribution in [0.25, 0.3) is 10.8 Å². The second-order valence-electron chi connectivity index (χ2n) is 10.7. The lowest BCUT2D eigenvalue weighted by atomic mass is 10.0. The Kier molecular flexibility index (Phi) is 6.69. The standard InChI is InChI=1S/C28H34F2N6O2/c1-34-10-4-6-20(34)16-38-27-32-24-15-35(25-14-21(37)13-19-5-2-3-7-22(19)25)11-8-23(24)26(33-27)36-12-9-31-17-28(29,30)18-36/h2-3,5,7,13-14,20,31,37H,4,6,8-12,15-18H2,1H3/t20-/m0/s1. The van der Waals surface area contributed by atoms with Crippen molar-refractivity contribution in [3.05, 3.63) is 47.7 Å². The van der Waals surface area contributed by atoms with Crippen LogP contribution >= 0.6 is 0 Å². The SMILES string of the molecule is CN1CCC[C@H]1COc1nc2c(c(N3CCNCC(F)(F)C3)n1)CCN(c1cc(O)cc3ccccc13)C2. The van der Waals surface area contributed by atoms with Crippen molar-refractivity contribution in [1.29, 1.82) is 0 Å². The van der Waals surface area contributed by atoms with E-state index in [1.807, 2.05) is 24.3 Å². The van der Waals surface area contributed by atoms with Crippen LogP contribution in [0.5, 0.6) is 11.8 Å². The van der Waals surface area contributed by atoms with Crippen LogP contribution in [0.15, 0.2) is 36.4 Å². The van der Waals surface area contributed by atoms with Gasteiger partial charge in [-0.2, -0.15) is 9.97 Å². The first kappa shape index (κ1) is 25.1. The van der Waals surface area contributed by atoms with Gasteiger partial charge in [-0.05, 0) is 44.3 Å². The number of hydrogen-bond acceptors (Lipinski definition) is 8. The molecule has 2 fully saturated rings. The highest BCUT2D eigenvalue weighted by Gasteiger charge is 2.36. The molecule has 0 unspecified atom stereocenters. The van der Waals surface area contributed by atoms with Gasteiger partial charge in [0.15, 0.2) is 0 Å². The Bertz CT molecular complexity index is 1320. The predicted molar refractivity (Wildman–Crippen MR) is 144 cm³/mol. The first-order chi connectivity index (χ1) is 18.4. The van der Waals surface area contributed by atoms with Crippen LogP contribution < -0.4 is 19.9 Å². The number of phenolic OH excluding ortho intramolecular Hbond substituents is 1. The lowest BCUT2D eigenvalue weighted by molar-refractivity contribution is 0.0155. The Morgan fingerprint density at radius 2 is 2.00 bits per heavy atom. The van der Waals surface area contributed by atoms with Crippen molar-refractivity contribution in [1.82, 2.24) is 20.2 Å². The van der Waals surface area contributed by atoms with E-state index in [1.54, 1.807) is 17.0 Å². The van der Waals surface area contributed by atoms with E-state index in [2.05, 4.69) is 22.2 Å². The van der Waals surface area contributed by atoms with Gasteiger partial charge < -0.3 is 29.9 Å². The molecule has 2 saturated heterocycles. The van der Waals surface area contributed by atoms with E-state index in [-0.39, 0.29) is 18.3 Å². The minimum Gasteiger partial charge on any atom is -0.508 e. The van der Waals surface area contributed by atoms with Crippen LogP contribution in [-0.4, -0.2) is 84.9 Å². The molecular weight excluding hydrogens is 490 g/mol. The van der Waals surface area contributed by atoms with Gasteiger partial charge in [0.05, 0.1) is 25.3 Å². The van der Waals surface area contributed by atoms with Gasteiger partial charge in [0, 0.05) is 48.4 Å². The number of phenols is 1. The van der Waals surface area contributed by atoms with Crippen LogP contribution in [0, 0.1) is 0 Å². The van der Waals surface area contributed by atoms with Gasteiger partial charge in [-0.3, -0.25) is 0 Å². The van der Waals surface area contributed by atoms with Gasteiger partial charge in [-0.25, -0.2) is 8.78 Å². The highest BCUT2D eigenvalue weighted by Crippen LogP contribution is 2.37. The topological polar surface area (TPSA) is 77.0 Å². The summed E-state index contributed by atoms with van der Waals surface area (Å²) < 4.78 is 35.3. The summed E-state index contributed by atoms with van der Waals surface area (Å²) in [5.74, 6) is -2.10. The molecule has 3 aliphatic rings. The lowest BCUT2D eigenvalue weighted by Crippen LogP contribution is -2.40. The zero-order chi connectivity index (χ0) is 26.3. The average Bonchev–Trinajstić information content (AvgIpc) is 3.22.